The molecule has 0 amide bonds. The van der Waals surface area contributed by atoms with Crippen LogP contribution in [0, 0.1) is 13.8 Å². The van der Waals surface area contributed by atoms with Gasteiger partial charge in [0.15, 0.2) is 0 Å². The van der Waals surface area contributed by atoms with Gasteiger partial charge in [-0.1, -0.05) is 11.6 Å². The molecule has 20 heavy (non-hydrogen) atoms. The van der Waals surface area contributed by atoms with Crippen molar-refractivity contribution in [1.82, 2.24) is 0 Å². The smallest absolute Gasteiger partial charge is 0.118 e. The lowest BCUT2D eigenvalue weighted by atomic mass is 9.93. The molecule has 0 saturated carbocycles. The van der Waals surface area contributed by atoms with Crippen molar-refractivity contribution in [2.75, 3.05) is 5.32 Å². The summed E-state index contributed by atoms with van der Waals surface area (Å²) in [5.41, 5.74) is 4.41. The van der Waals surface area contributed by atoms with E-state index in [9.17, 15) is 5.11 Å². The summed E-state index contributed by atoms with van der Waals surface area (Å²) < 4.78 is 0.877. The van der Waals surface area contributed by atoms with E-state index in [0.717, 1.165) is 34.0 Å². The number of aryl methyl sites for hydroxylation is 3. The molecule has 0 saturated heterocycles. The Morgan fingerprint density at radius 3 is 2.85 bits per heavy atom. The summed E-state index contributed by atoms with van der Waals surface area (Å²) in [5, 5.41) is 13.4. The molecule has 0 spiro atoms. The lowest BCUT2D eigenvalue weighted by Gasteiger charge is -2.25. The number of benzene rings is 1. The van der Waals surface area contributed by atoms with Gasteiger partial charge in [-0.3, -0.25) is 0 Å². The highest BCUT2D eigenvalue weighted by Gasteiger charge is 2.23. The van der Waals surface area contributed by atoms with E-state index in [0.29, 0.717) is 11.8 Å². The van der Waals surface area contributed by atoms with Crippen LogP contribution in [0.4, 0.5) is 5.69 Å². The molecule has 1 aliphatic carbocycles. The SMILES string of the molecule is Cc1cc(NC2CCCc3sc(Cl)cc32)c(C)cc1O. The third-order valence-electron chi connectivity index (χ3n) is 3.96. The Morgan fingerprint density at radius 1 is 1.25 bits per heavy atom. The lowest BCUT2D eigenvalue weighted by molar-refractivity contribution is 0.470. The lowest BCUT2D eigenvalue weighted by Crippen LogP contribution is -2.16. The quantitative estimate of drug-likeness (QED) is 0.746. The molecule has 1 aromatic heterocycles. The molecule has 0 bridgehead atoms. The normalized spacial score (nSPS) is 17.9. The Labute approximate surface area is 128 Å². The van der Waals surface area contributed by atoms with Crippen LogP contribution in [0.2, 0.25) is 4.34 Å². The number of anilines is 1. The Balaban J connectivity index is 1.91. The summed E-state index contributed by atoms with van der Waals surface area (Å²) in [4.78, 5) is 1.41. The molecule has 0 radical (unpaired) electrons. The van der Waals surface area contributed by atoms with Crippen molar-refractivity contribution >= 4 is 28.6 Å². The van der Waals surface area contributed by atoms with Gasteiger partial charge in [-0.05, 0) is 68.0 Å². The molecule has 0 fully saturated rings. The largest absolute Gasteiger partial charge is 0.508 e. The van der Waals surface area contributed by atoms with Gasteiger partial charge >= 0.3 is 0 Å². The van der Waals surface area contributed by atoms with Gasteiger partial charge in [-0.2, -0.15) is 0 Å². The minimum Gasteiger partial charge on any atom is -0.508 e. The van der Waals surface area contributed by atoms with Gasteiger partial charge in [-0.25, -0.2) is 0 Å². The second-order valence-electron chi connectivity index (χ2n) is 5.47. The first-order valence-electron chi connectivity index (χ1n) is 6.89. The van der Waals surface area contributed by atoms with Gasteiger partial charge in [-0.15, -0.1) is 11.3 Å². The highest BCUT2D eigenvalue weighted by atomic mass is 35.5. The van der Waals surface area contributed by atoms with Crippen LogP contribution >= 0.6 is 22.9 Å². The second kappa shape index (κ2) is 5.30. The van der Waals surface area contributed by atoms with E-state index in [1.165, 1.54) is 16.9 Å². The highest BCUT2D eigenvalue weighted by Crippen LogP contribution is 2.40. The van der Waals surface area contributed by atoms with Crippen LogP contribution in [0.3, 0.4) is 0 Å². The second-order valence-corrected chi connectivity index (χ2v) is 7.24. The molecular formula is C16H18ClNOS. The molecule has 0 aliphatic heterocycles. The van der Waals surface area contributed by atoms with Crippen LogP contribution in [0.15, 0.2) is 18.2 Å². The maximum absolute atomic E-state index is 9.75. The number of halogens is 1. The van der Waals surface area contributed by atoms with Crippen molar-refractivity contribution in [2.24, 2.45) is 0 Å². The number of nitrogens with one attached hydrogen (secondary N) is 1. The van der Waals surface area contributed by atoms with Gasteiger partial charge in [0.2, 0.25) is 0 Å². The molecule has 2 N–H and O–H groups in total. The van der Waals surface area contributed by atoms with Gasteiger partial charge in [0, 0.05) is 10.6 Å². The predicted octanol–water partition coefficient (Wildman–Crippen LogP) is 5.21. The third kappa shape index (κ3) is 2.52. The first kappa shape index (κ1) is 13.8. The average Bonchev–Trinajstić information content (AvgIpc) is 2.77. The van der Waals surface area contributed by atoms with E-state index >= 15 is 0 Å². The molecule has 1 unspecified atom stereocenters. The van der Waals surface area contributed by atoms with Crippen molar-refractivity contribution in [3.63, 3.8) is 0 Å². The average molecular weight is 308 g/mol. The number of phenolic OH excluding ortho intramolecular Hbond substituents is 1. The Morgan fingerprint density at radius 2 is 2.05 bits per heavy atom. The zero-order valence-corrected chi connectivity index (χ0v) is 13.2. The van der Waals surface area contributed by atoms with E-state index < -0.39 is 0 Å². The number of rotatable bonds is 2. The number of phenols is 1. The monoisotopic (exact) mass is 307 g/mol. The number of hydrogen-bond acceptors (Lipinski definition) is 3. The zero-order chi connectivity index (χ0) is 14.3. The summed E-state index contributed by atoms with van der Waals surface area (Å²) in [6, 6.07) is 6.26. The molecule has 2 aromatic rings. The molecule has 1 heterocycles. The number of thiophene rings is 1. The standard InChI is InChI=1S/C16H18ClNOS/c1-9-7-14(19)10(2)6-13(9)18-12-4-3-5-15-11(12)8-16(17)20-15/h6-8,12,18-19H,3-5H2,1-2H3. The maximum atomic E-state index is 9.75. The number of fused-ring (bicyclic) bond motifs is 1. The van der Waals surface area contributed by atoms with Crippen LogP contribution in [-0.2, 0) is 6.42 Å². The predicted molar refractivity (Wildman–Crippen MR) is 86.2 cm³/mol. The van der Waals surface area contributed by atoms with E-state index in [-0.39, 0.29) is 0 Å². The van der Waals surface area contributed by atoms with E-state index in [1.807, 2.05) is 26.0 Å². The van der Waals surface area contributed by atoms with Gasteiger partial charge < -0.3 is 10.4 Å². The molecule has 1 aliphatic rings. The Bertz CT molecular complexity index is 650. The van der Waals surface area contributed by atoms with E-state index in [2.05, 4.69) is 11.4 Å². The topological polar surface area (TPSA) is 32.3 Å². The molecule has 3 rings (SSSR count). The summed E-state index contributed by atoms with van der Waals surface area (Å²) >= 11 is 7.85. The zero-order valence-electron chi connectivity index (χ0n) is 11.7. The Kier molecular flexibility index (Phi) is 3.65. The van der Waals surface area contributed by atoms with Crippen molar-refractivity contribution in [3.05, 3.63) is 44.1 Å². The molecular weight excluding hydrogens is 290 g/mol. The van der Waals surface area contributed by atoms with Crippen LogP contribution < -0.4 is 5.32 Å². The summed E-state index contributed by atoms with van der Waals surface area (Å²) in [5.74, 6) is 0.357. The maximum Gasteiger partial charge on any atom is 0.118 e. The van der Waals surface area contributed by atoms with Crippen molar-refractivity contribution in [3.8, 4) is 5.75 Å². The van der Waals surface area contributed by atoms with Crippen molar-refractivity contribution in [1.29, 1.82) is 0 Å². The fraction of sp³-hybridized carbons (Fsp3) is 0.375. The minimum atomic E-state index is 0.324. The van der Waals surface area contributed by atoms with Crippen LogP contribution in [0.5, 0.6) is 5.75 Å². The first-order valence-corrected chi connectivity index (χ1v) is 8.09. The molecule has 106 valence electrons. The third-order valence-corrected chi connectivity index (χ3v) is 5.30. The summed E-state index contributed by atoms with van der Waals surface area (Å²) in [7, 11) is 0. The van der Waals surface area contributed by atoms with Crippen LogP contribution in [0.1, 0.15) is 40.5 Å². The fourth-order valence-corrected chi connectivity index (χ4v) is 4.20. The minimum absolute atomic E-state index is 0.324. The van der Waals surface area contributed by atoms with Crippen LogP contribution in [0.25, 0.3) is 0 Å². The van der Waals surface area contributed by atoms with Crippen molar-refractivity contribution in [2.45, 2.75) is 39.2 Å². The molecule has 2 nitrogen and oxygen atoms in total. The summed E-state index contributed by atoms with van der Waals surface area (Å²) in [6.45, 7) is 3.94. The highest BCUT2D eigenvalue weighted by molar-refractivity contribution is 7.16. The van der Waals surface area contributed by atoms with Crippen molar-refractivity contribution < 1.29 is 5.11 Å². The van der Waals surface area contributed by atoms with Gasteiger partial charge in [0.1, 0.15) is 5.75 Å². The van der Waals surface area contributed by atoms with Gasteiger partial charge in [0.05, 0.1) is 10.4 Å². The van der Waals surface area contributed by atoms with E-state index in [1.54, 1.807) is 11.3 Å². The fourth-order valence-electron chi connectivity index (χ4n) is 2.82. The number of hydrogen-bond donors (Lipinski definition) is 2. The Hall–Kier alpha value is -1.19. The molecule has 1 atom stereocenters. The summed E-state index contributed by atoms with van der Waals surface area (Å²) in [6.07, 6.45) is 3.45. The van der Waals surface area contributed by atoms with Gasteiger partial charge in [0.25, 0.3) is 0 Å². The number of aromatic hydroxyl groups is 1. The van der Waals surface area contributed by atoms with Crippen LogP contribution in [-0.4, -0.2) is 5.11 Å². The first-order chi connectivity index (χ1) is 9.54. The molecule has 4 heteroatoms. The van der Waals surface area contributed by atoms with E-state index in [4.69, 9.17) is 11.6 Å². The molecule has 1 aromatic carbocycles.